The number of pyridine rings is 1. The maximum atomic E-state index is 13.4. The summed E-state index contributed by atoms with van der Waals surface area (Å²) in [6.07, 6.45) is -4.57. The number of hydrogen-bond acceptors (Lipinski definition) is 7. The van der Waals surface area contributed by atoms with Crippen LogP contribution in [0.1, 0.15) is 52.7 Å². The lowest BCUT2D eigenvalue weighted by Gasteiger charge is -2.32. The van der Waals surface area contributed by atoms with Gasteiger partial charge in [-0.05, 0) is 31.4 Å². The van der Waals surface area contributed by atoms with Crippen LogP contribution in [0.2, 0.25) is 0 Å². The predicted molar refractivity (Wildman–Crippen MR) is 126 cm³/mol. The Morgan fingerprint density at radius 3 is 2.35 bits per heavy atom. The molecule has 3 aromatic heterocycles. The Kier molecular flexibility index (Phi) is 7.56. The van der Waals surface area contributed by atoms with Gasteiger partial charge in [0.15, 0.2) is 0 Å². The van der Waals surface area contributed by atoms with Crippen LogP contribution in [-0.4, -0.2) is 38.9 Å². The van der Waals surface area contributed by atoms with Crippen molar-refractivity contribution in [3.63, 3.8) is 0 Å². The fraction of sp³-hybridized carbons (Fsp3) is 0.435. The van der Waals surface area contributed by atoms with Crippen molar-refractivity contribution in [2.24, 2.45) is 5.41 Å². The van der Waals surface area contributed by atoms with E-state index in [0.29, 0.717) is 10.7 Å². The highest BCUT2D eigenvalue weighted by molar-refractivity contribution is 7.16. The lowest BCUT2D eigenvalue weighted by atomic mass is 9.86. The zero-order valence-electron chi connectivity index (χ0n) is 19.4. The lowest BCUT2D eigenvalue weighted by Crippen LogP contribution is -2.53. The molecule has 0 aliphatic heterocycles. The van der Waals surface area contributed by atoms with Crippen LogP contribution in [-0.2, 0) is 17.6 Å². The molecule has 182 valence electrons. The number of rotatable bonds is 7. The van der Waals surface area contributed by atoms with E-state index < -0.39 is 23.5 Å². The van der Waals surface area contributed by atoms with E-state index in [-0.39, 0.29) is 24.3 Å². The summed E-state index contributed by atoms with van der Waals surface area (Å²) in [5, 5.41) is 5.51. The van der Waals surface area contributed by atoms with E-state index in [9.17, 15) is 22.8 Å². The van der Waals surface area contributed by atoms with Crippen LogP contribution >= 0.6 is 22.7 Å². The van der Waals surface area contributed by atoms with Crippen LogP contribution < -0.4 is 5.32 Å². The zero-order valence-corrected chi connectivity index (χ0v) is 21.0. The van der Waals surface area contributed by atoms with Gasteiger partial charge in [-0.25, -0.2) is 15.0 Å². The maximum absolute atomic E-state index is 13.4. The Bertz CT molecular complexity index is 1180. The van der Waals surface area contributed by atoms with Crippen molar-refractivity contribution in [2.75, 3.05) is 0 Å². The molecule has 1 N–H and O–H groups in total. The highest BCUT2D eigenvalue weighted by Crippen LogP contribution is 2.33. The Morgan fingerprint density at radius 1 is 1.06 bits per heavy atom. The van der Waals surface area contributed by atoms with E-state index in [2.05, 4.69) is 15.0 Å². The molecule has 0 aliphatic carbocycles. The molecule has 0 saturated carbocycles. The first-order valence-corrected chi connectivity index (χ1v) is 12.2. The highest BCUT2D eigenvalue weighted by atomic mass is 32.1. The molecule has 0 radical (unpaired) electrons. The van der Waals surface area contributed by atoms with Crippen molar-refractivity contribution in [1.29, 1.82) is 0 Å². The predicted octanol–water partition coefficient (Wildman–Crippen LogP) is 5.34. The molecule has 0 fully saturated rings. The number of carbonyl (C=O) groups excluding carboxylic acids is 2. The van der Waals surface area contributed by atoms with Crippen molar-refractivity contribution in [3.8, 4) is 10.6 Å². The number of nitrogens with one attached hydrogen (secondary N) is 1. The summed E-state index contributed by atoms with van der Waals surface area (Å²) >= 11 is 2.92. The third-order valence-corrected chi connectivity index (χ3v) is 6.87. The minimum atomic E-state index is -4.61. The van der Waals surface area contributed by atoms with Gasteiger partial charge in [-0.2, -0.15) is 13.2 Å². The van der Waals surface area contributed by atoms with Crippen molar-refractivity contribution in [2.45, 2.75) is 59.7 Å². The lowest BCUT2D eigenvalue weighted by molar-refractivity contribution is -0.174. The molecule has 3 aromatic rings. The van der Waals surface area contributed by atoms with E-state index in [1.165, 1.54) is 44.2 Å². The van der Waals surface area contributed by atoms with Crippen molar-refractivity contribution < 1.29 is 22.8 Å². The summed E-state index contributed by atoms with van der Waals surface area (Å²) in [5.74, 6) is -1.10. The van der Waals surface area contributed by atoms with Crippen LogP contribution in [0.5, 0.6) is 0 Å². The monoisotopic (exact) mass is 510 g/mol. The first kappa shape index (κ1) is 26.0. The molecule has 3 rings (SSSR count). The number of aryl methyl sites for hydroxylation is 2. The number of halogens is 3. The van der Waals surface area contributed by atoms with Crippen LogP contribution in [0.25, 0.3) is 10.6 Å². The van der Waals surface area contributed by atoms with Gasteiger partial charge < -0.3 is 5.32 Å². The summed E-state index contributed by atoms with van der Waals surface area (Å²) < 4.78 is 40.2. The van der Waals surface area contributed by atoms with Crippen LogP contribution in [0.4, 0.5) is 13.2 Å². The Balaban J connectivity index is 1.67. The van der Waals surface area contributed by atoms with E-state index in [0.717, 1.165) is 21.3 Å². The Morgan fingerprint density at radius 2 is 1.76 bits per heavy atom. The minimum absolute atomic E-state index is 0.0588. The molecule has 6 nitrogen and oxygen atoms in total. The highest BCUT2D eigenvalue weighted by Gasteiger charge is 2.47. The number of aromatic nitrogens is 3. The van der Waals surface area contributed by atoms with Gasteiger partial charge in [0.05, 0.1) is 27.7 Å². The van der Waals surface area contributed by atoms with Gasteiger partial charge in [-0.15, -0.1) is 22.7 Å². The molecular formula is C23H25F3N4O2S2. The van der Waals surface area contributed by atoms with Crippen molar-refractivity contribution in [3.05, 3.63) is 50.7 Å². The quantitative estimate of drug-likeness (QED) is 0.464. The summed E-state index contributed by atoms with van der Waals surface area (Å²) in [7, 11) is 0. The van der Waals surface area contributed by atoms with Gasteiger partial charge in [0.2, 0.25) is 0 Å². The fourth-order valence-corrected chi connectivity index (χ4v) is 5.17. The second-order valence-corrected chi connectivity index (χ2v) is 11.1. The van der Waals surface area contributed by atoms with Gasteiger partial charge in [-0.3, -0.25) is 9.59 Å². The second-order valence-electron chi connectivity index (χ2n) is 8.99. The van der Waals surface area contributed by atoms with Gasteiger partial charge in [0.1, 0.15) is 22.5 Å². The van der Waals surface area contributed by atoms with E-state index in [1.54, 1.807) is 17.4 Å². The number of amides is 1. The third-order valence-electron chi connectivity index (χ3n) is 4.92. The van der Waals surface area contributed by atoms with Crippen LogP contribution in [0.15, 0.2) is 23.6 Å². The molecule has 0 bridgehead atoms. The number of ketones is 1. The number of nitrogens with zero attached hydrogens (tertiary/aromatic N) is 3. The number of thiazole rings is 2. The third kappa shape index (κ3) is 6.47. The summed E-state index contributed by atoms with van der Waals surface area (Å²) in [4.78, 5) is 39.1. The molecule has 34 heavy (non-hydrogen) atoms. The Hall–Kier alpha value is -2.66. The summed E-state index contributed by atoms with van der Waals surface area (Å²) in [6, 6.07) is 2.35. The van der Waals surface area contributed by atoms with Crippen LogP contribution in [0.3, 0.4) is 0 Å². The van der Waals surface area contributed by atoms with Gasteiger partial charge in [-0.1, -0.05) is 26.8 Å². The average Bonchev–Trinajstić information content (AvgIpc) is 3.29. The number of Topliss-reactive ketones (excluding diaryl/α,β-unsaturated/α-hetero) is 1. The molecule has 0 aromatic carbocycles. The maximum Gasteiger partial charge on any atom is 0.409 e. The largest absolute Gasteiger partial charge is 0.409 e. The molecular weight excluding hydrogens is 485 g/mol. The van der Waals surface area contributed by atoms with Crippen LogP contribution in [0, 0.1) is 19.3 Å². The number of carbonyl (C=O) groups is 2. The molecule has 11 heteroatoms. The first-order valence-electron chi connectivity index (χ1n) is 10.5. The first-order chi connectivity index (χ1) is 15.7. The molecule has 1 amide bonds. The zero-order chi connectivity index (χ0) is 25.3. The number of alkyl halides is 3. The molecule has 0 saturated heterocycles. The molecule has 1 atom stereocenters. The molecule has 0 aliphatic rings. The molecule has 3 heterocycles. The average molecular weight is 511 g/mol. The second kappa shape index (κ2) is 9.91. The van der Waals surface area contributed by atoms with Crippen molar-refractivity contribution in [1.82, 2.24) is 20.3 Å². The van der Waals surface area contributed by atoms with Gasteiger partial charge >= 0.3 is 6.18 Å². The van der Waals surface area contributed by atoms with Gasteiger partial charge in [0, 0.05) is 17.5 Å². The van der Waals surface area contributed by atoms with Gasteiger partial charge in [0.25, 0.3) is 5.91 Å². The minimum Gasteiger partial charge on any atom is -0.339 e. The molecule has 1 unspecified atom stereocenters. The Labute approximate surface area is 203 Å². The standard InChI is InChI=1S/C23H25F3N4O2S2/c1-12-19(34-13(2)27-12)17-11-33-18(29-17)10-15(31)9-14-7-6-8-16(28-14)20(32)30-21(22(3,4)5)23(24,25)26/h6-8,11,21H,9-10H2,1-5H3,(H,30,32). The van der Waals surface area contributed by atoms with E-state index in [1.807, 2.05) is 24.5 Å². The van der Waals surface area contributed by atoms with E-state index >= 15 is 0 Å². The van der Waals surface area contributed by atoms with E-state index in [4.69, 9.17) is 0 Å². The summed E-state index contributed by atoms with van der Waals surface area (Å²) in [5.41, 5.74) is 0.582. The molecule has 0 spiro atoms. The van der Waals surface area contributed by atoms with Crippen molar-refractivity contribution >= 4 is 34.4 Å². The fourth-order valence-electron chi connectivity index (χ4n) is 3.40. The topological polar surface area (TPSA) is 84.8 Å². The normalized spacial score (nSPS) is 13.1. The smallest absolute Gasteiger partial charge is 0.339 e. The number of hydrogen-bond donors (Lipinski definition) is 1. The summed E-state index contributed by atoms with van der Waals surface area (Å²) in [6.45, 7) is 8.03. The SMILES string of the molecule is Cc1nc(C)c(-c2csc(CC(=O)Cc3cccc(C(=O)NC(C(C)(C)C)C(F)(F)F)n3)n2)s1.